The molecule has 0 spiro atoms. The SMILES string of the molecule is CCOc1cc(N(CC)CC)ccc1N(C)/N=C(\C)C/C=C\C=C/NC. The van der Waals surface area contributed by atoms with Crippen molar-refractivity contribution in [1.82, 2.24) is 5.32 Å². The Kier molecular flexibility index (Phi) is 9.98. The van der Waals surface area contributed by atoms with Crippen molar-refractivity contribution in [2.75, 3.05) is 43.7 Å². The number of hydrogen-bond donors (Lipinski definition) is 1. The Morgan fingerprint density at radius 2 is 1.92 bits per heavy atom. The van der Waals surface area contributed by atoms with E-state index in [0.29, 0.717) is 6.61 Å². The lowest BCUT2D eigenvalue weighted by Crippen LogP contribution is -2.22. The number of rotatable bonds is 11. The summed E-state index contributed by atoms with van der Waals surface area (Å²) in [4.78, 5) is 2.31. The van der Waals surface area contributed by atoms with Crippen molar-refractivity contribution in [1.29, 1.82) is 0 Å². The average Bonchev–Trinajstić information content (AvgIpc) is 2.63. The molecule has 0 saturated heterocycles. The number of nitrogens with zero attached hydrogens (tertiary/aromatic N) is 3. The van der Waals surface area contributed by atoms with Crippen LogP contribution in [0.2, 0.25) is 0 Å². The van der Waals surface area contributed by atoms with Crippen molar-refractivity contribution >= 4 is 17.1 Å². The highest BCUT2D eigenvalue weighted by Crippen LogP contribution is 2.32. The van der Waals surface area contributed by atoms with Crippen molar-refractivity contribution in [3.63, 3.8) is 0 Å². The van der Waals surface area contributed by atoms with Crippen molar-refractivity contribution in [2.45, 2.75) is 34.1 Å². The first kappa shape index (κ1) is 21.6. The zero-order valence-corrected chi connectivity index (χ0v) is 17.1. The molecule has 144 valence electrons. The van der Waals surface area contributed by atoms with Crippen LogP contribution in [0.5, 0.6) is 5.75 Å². The minimum atomic E-state index is 0.631. The molecule has 0 atom stereocenters. The zero-order chi connectivity index (χ0) is 19.4. The highest BCUT2D eigenvalue weighted by atomic mass is 16.5. The smallest absolute Gasteiger partial charge is 0.146 e. The van der Waals surface area contributed by atoms with Crippen LogP contribution in [0.25, 0.3) is 0 Å². The fourth-order valence-electron chi connectivity index (χ4n) is 2.65. The summed E-state index contributed by atoms with van der Waals surface area (Å²) >= 11 is 0. The van der Waals surface area contributed by atoms with Crippen LogP contribution >= 0.6 is 0 Å². The van der Waals surface area contributed by atoms with Gasteiger partial charge in [0, 0.05) is 51.1 Å². The van der Waals surface area contributed by atoms with E-state index in [1.54, 1.807) is 0 Å². The molecule has 0 aliphatic rings. The van der Waals surface area contributed by atoms with Crippen LogP contribution in [0.4, 0.5) is 11.4 Å². The van der Waals surface area contributed by atoms with Crippen molar-refractivity contribution in [3.05, 3.63) is 42.6 Å². The van der Waals surface area contributed by atoms with E-state index < -0.39 is 0 Å². The van der Waals surface area contributed by atoms with Crippen molar-refractivity contribution in [2.24, 2.45) is 5.10 Å². The number of hydrazone groups is 1. The number of ether oxygens (including phenoxy) is 1. The third-order valence-electron chi connectivity index (χ3n) is 3.96. The molecule has 1 rings (SSSR count). The van der Waals surface area contributed by atoms with E-state index in [9.17, 15) is 0 Å². The van der Waals surface area contributed by atoms with Gasteiger partial charge in [0.1, 0.15) is 11.4 Å². The third-order valence-corrected chi connectivity index (χ3v) is 3.96. The van der Waals surface area contributed by atoms with Crippen molar-refractivity contribution < 1.29 is 4.74 Å². The Morgan fingerprint density at radius 3 is 2.54 bits per heavy atom. The molecule has 0 aromatic heterocycles. The first-order chi connectivity index (χ1) is 12.6. The zero-order valence-electron chi connectivity index (χ0n) is 17.1. The maximum absolute atomic E-state index is 5.88. The molecule has 0 heterocycles. The molecule has 1 N–H and O–H groups in total. The first-order valence-corrected chi connectivity index (χ1v) is 9.35. The summed E-state index contributed by atoms with van der Waals surface area (Å²) in [5.41, 5.74) is 3.19. The van der Waals surface area contributed by atoms with E-state index in [-0.39, 0.29) is 0 Å². The predicted octanol–water partition coefficient (Wildman–Crippen LogP) is 4.42. The fourth-order valence-corrected chi connectivity index (χ4v) is 2.65. The maximum Gasteiger partial charge on any atom is 0.146 e. The lowest BCUT2D eigenvalue weighted by atomic mass is 10.2. The Bertz CT molecular complexity index is 618. The fraction of sp³-hybridized carbons (Fsp3) is 0.476. The van der Waals surface area contributed by atoms with Gasteiger partial charge in [0.05, 0.1) is 6.61 Å². The number of benzene rings is 1. The number of allylic oxidation sites excluding steroid dienone is 3. The minimum absolute atomic E-state index is 0.631. The summed E-state index contributed by atoms with van der Waals surface area (Å²) in [7, 11) is 3.84. The molecule has 0 radical (unpaired) electrons. The Morgan fingerprint density at radius 1 is 1.19 bits per heavy atom. The highest BCUT2D eigenvalue weighted by Gasteiger charge is 2.12. The molecule has 26 heavy (non-hydrogen) atoms. The topological polar surface area (TPSA) is 40.1 Å². The largest absolute Gasteiger partial charge is 0.492 e. The van der Waals surface area contributed by atoms with Crippen molar-refractivity contribution in [3.8, 4) is 5.75 Å². The maximum atomic E-state index is 5.88. The van der Waals surface area contributed by atoms with Gasteiger partial charge in [-0.1, -0.05) is 12.2 Å². The van der Waals surface area contributed by atoms with Gasteiger partial charge < -0.3 is 15.0 Å². The van der Waals surface area contributed by atoms with Gasteiger partial charge in [-0.05, 0) is 52.1 Å². The first-order valence-electron chi connectivity index (χ1n) is 9.35. The summed E-state index contributed by atoms with van der Waals surface area (Å²) in [5.74, 6) is 0.864. The third kappa shape index (κ3) is 6.82. The van der Waals surface area contributed by atoms with Gasteiger partial charge in [-0.3, -0.25) is 5.01 Å². The molecule has 0 amide bonds. The second kappa shape index (κ2) is 12.0. The summed E-state index contributed by atoms with van der Waals surface area (Å²) in [6.07, 6.45) is 8.77. The van der Waals surface area contributed by atoms with Crippen LogP contribution in [0.3, 0.4) is 0 Å². The van der Waals surface area contributed by atoms with Gasteiger partial charge in [0.15, 0.2) is 0 Å². The van der Waals surface area contributed by atoms with Gasteiger partial charge in [0.25, 0.3) is 0 Å². The monoisotopic (exact) mass is 358 g/mol. The molecule has 1 aromatic rings. The molecule has 5 nitrogen and oxygen atoms in total. The highest BCUT2D eigenvalue weighted by molar-refractivity contribution is 5.84. The van der Waals surface area contributed by atoms with E-state index in [4.69, 9.17) is 4.74 Å². The number of nitrogens with one attached hydrogen (secondary N) is 1. The normalized spacial score (nSPS) is 12.0. The van der Waals surface area contributed by atoms with Gasteiger partial charge in [-0.15, -0.1) is 0 Å². The molecule has 0 bridgehead atoms. The van der Waals surface area contributed by atoms with Gasteiger partial charge >= 0.3 is 0 Å². The van der Waals surface area contributed by atoms with Crippen LogP contribution in [-0.2, 0) is 0 Å². The quantitative estimate of drug-likeness (QED) is 0.361. The van der Waals surface area contributed by atoms with E-state index in [2.05, 4.69) is 53.4 Å². The summed E-state index contributed by atoms with van der Waals surface area (Å²) in [6.45, 7) is 10.9. The summed E-state index contributed by atoms with van der Waals surface area (Å²) in [6, 6.07) is 6.32. The molecule has 1 aromatic carbocycles. The van der Waals surface area contributed by atoms with E-state index in [0.717, 1.165) is 36.7 Å². The Hall–Kier alpha value is -2.43. The Labute approximate surface area is 159 Å². The minimum Gasteiger partial charge on any atom is -0.492 e. The molecule has 0 unspecified atom stereocenters. The predicted molar refractivity (Wildman–Crippen MR) is 115 cm³/mol. The Balaban J connectivity index is 2.95. The second-order valence-electron chi connectivity index (χ2n) is 5.90. The molecule has 0 aliphatic carbocycles. The van der Waals surface area contributed by atoms with E-state index >= 15 is 0 Å². The van der Waals surface area contributed by atoms with Crippen LogP contribution in [0.1, 0.15) is 34.1 Å². The lowest BCUT2D eigenvalue weighted by Gasteiger charge is -2.24. The van der Waals surface area contributed by atoms with Gasteiger partial charge in [0.2, 0.25) is 0 Å². The number of anilines is 2. The van der Waals surface area contributed by atoms with Crippen LogP contribution < -0.4 is 20.0 Å². The number of hydrogen-bond acceptors (Lipinski definition) is 5. The van der Waals surface area contributed by atoms with Gasteiger partial charge in [-0.25, -0.2) is 0 Å². The summed E-state index contributed by atoms with van der Waals surface area (Å²) in [5, 5.41) is 9.54. The van der Waals surface area contributed by atoms with Crippen LogP contribution in [0.15, 0.2) is 47.7 Å². The molecule has 0 fully saturated rings. The molecular formula is C21H34N4O. The van der Waals surface area contributed by atoms with Crippen LogP contribution in [0, 0.1) is 0 Å². The molecular weight excluding hydrogens is 324 g/mol. The summed E-state index contributed by atoms with van der Waals surface area (Å²) < 4.78 is 5.88. The van der Waals surface area contributed by atoms with E-state index in [1.807, 2.05) is 51.3 Å². The molecule has 0 saturated carbocycles. The van der Waals surface area contributed by atoms with Crippen LogP contribution in [-0.4, -0.2) is 39.5 Å². The lowest BCUT2D eigenvalue weighted by molar-refractivity contribution is 0.341. The molecule has 0 aliphatic heterocycles. The second-order valence-corrected chi connectivity index (χ2v) is 5.90. The standard InChI is InChI=1S/C21H34N4O/c1-7-25(8-2)19-14-15-20(21(17-19)26-9-3)24(6)23-18(4)13-11-10-12-16-22-5/h10-12,14-17,22H,7-9,13H2,1-6H3/b11-10-,16-12-,23-18+. The average molecular weight is 359 g/mol. The molecule has 5 heteroatoms. The van der Waals surface area contributed by atoms with E-state index in [1.165, 1.54) is 5.69 Å². The van der Waals surface area contributed by atoms with Gasteiger partial charge in [-0.2, -0.15) is 5.10 Å².